The monoisotopic (exact) mass is 330 g/mol. The van der Waals surface area contributed by atoms with Crippen LogP contribution in [-0.2, 0) is 14.3 Å². The van der Waals surface area contributed by atoms with Crippen LogP contribution in [0.5, 0.6) is 0 Å². The van der Waals surface area contributed by atoms with E-state index in [-0.39, 0.29) is 11.5 Å². The molecule has 1 aromatic rings. The van der Waals surface area contributed by atoms with E-state index in [1.807, 2.05) is 13.0 Å². The molecule has 3 N–H and O–H groups in total. The van der Waals surface area contributed by atoms with Gasteiger partial charge in [-0.15, -0.1) is 0 Å². The first-order valence-electron chi connectivity index (χ1n) is 7.67. The summed E-state index contributed by atoms with van der Waals surface area (Å²) in [7, 11) is 0. The van der Waals surface area contributed by atoms with E-state index < -0.39 is 5.91 Å². The highest BCUT2D eigenvalue weighted by atomic mass is 16.5. The van der Waals surface area contributed by atoms with Crippen molar-refractivity contribution < 1.29 is 14.3 Å². The molecule has 24 heavy (non-hydrogen) atoms. The zero-order valence-electron chi connectivity index (χ0n) is 13.9. The van der Waals surface area contributed by atoms with Crippen LogP contribution >= 0.6 is 0 Å². The first-order valence-corrected chi connectivity index (χ1v) is 7.67. The highest BCUT2D eigenvalue weighted by Gasteiger charge is 2.09. The van der Waals surface area contributed by atoms with Gasteiger partial charge in [-0.25, -0.2) is 0 Å². The van der Waals surface area contributed by atoms with Gasteiger partial charge in [-0.05, 0) is 37.6 Å². The molecular weight excluding hydrogens is 308 g/mol. The van der Waals surface area contributed by atoms with Gasteiger partial charge in [-0.1, -0.05) is 0 Å². The highest BCUT2D eigenvalue weighted by molar-refractivity contribution is 6.06. The SMILES string of the molecule is CCOCCCN/C=C(/C#N)C(=O)Nc1ccc(NC(C)=O)cc1. The van der Waals surface area contributed by atoms with Crippen molar-refractivity contribution in [2.75, 3.05) is 30.4 Å². The average molecular weight is 330 g/mol. The fourth-order valence-electron chi connectivity index (χ4n) is 1.78. The summed E-state index contributed by atoms with van der Waals surface area (Å²) in [5.41, 5.74) is 1.15. The van der Waals surface area contributed by atoms with Crippen molar-refractivity contribution in [3.63, 3.8) is 0 Å². The van der Waals surface area contributed by atoms with Gasteiger partial charge < -0.3 is 20.7 Å². The maximum absolute atomic E-state index is 12.0. The van der Waals surface area contributed by atoms with Crippen LogP contribution in [0.2, 0.25) is 0 Å². The van der Waals surface area contributed by atoms with Crippen LogP contribution in [0.25, 0.3) is 0 Å². The molecule has 0 unspecified atom stereocenters. The molecule has 0 radical (unpaired) electrons. The quantitative estimate of drug-likeness (QED) is 0.365. The Morgan fingerprint density at radius 3 is 2.38 bits per heavy atom. The number of anilines is 2. The molecule has 0 spiro atoms. The Morgan fingerprint density at radius 2 is 1.83 bits per heavy atom. The van der Waals surface area contributed by atoms with Crippen LogP contribution in [0.3, 0.4) is 0 Å². The van der Waals surface area contributed by atoms with Crippen molar-refractivity contribution in [1.82, 2.24) is 5.32 Å². The predicted molar refractivity (Wildman–Crippen MR) is 92.2 cm³/mol. The molecule has 0 fully saturated rings. The van der Waals surface area contributed by atoms with Crippen molar-refractivity contribution >= 4 is 23.2 Å². The molecule has 7 heteroatoms. The van der Waals surface area contributed by atoms with E-state index in [4.69, 9.17) is 10.00 Å². The molecule has 0 aliphatic heterocycles. The third-order valence-electron chi connectivity index (χ3n) is 2.89. The van der Waals surface area contributed by atoms with E-state index in [2.05, 4.69) is 16.0 Å². The number of benzene rings is 1. The Kier molecular flexibility index (Phi) is 8.64. The van der Waals surface area contributed by atoms with Gasteiger partial charge in [0, 0.05) is 44.3 Å². The molecule has 0 heterocycles. The molecular formula is C17H22N4O3. The molecule has 2 amide bonds. The number of ether oxygens (including phenoxy) is 1. The van der Waals surface area contributed by atoms with Crippen LogP contribution in [0, 0.1) is 11.3 Å². The Hall–Kier alpha value is -2.85. The van der Waals surface area contributed by atoms with Gasteiger partial charge in [0.15, 0.2) is 0 Å². The zero-order valence-corrected chi connectivity index (χ0v) is 13.9. The van der Waals surface area contributed by atoms with E-state index in [1.165, 1.54) is 13.1 Å². The second-order valence-corrected chi connectivity index (χ2v) is 4.89. The average Bonchev–Trinajstić information content (AvgIpc) is 2.55. The molecule has 0 atom stereocenters. The summed E-state index contributed by atoms with van der Waals surface area (Å²) in [4.78, 5) is 23.0. The van der Waals surface area contributed by atoms with E-state index in [9.17, 15) is 9.59 Å². The summed E-state index contributed by atoms with van der Waals surface area (Å²) in [6, 6.07) is 8.48. The number of rotatable bonds is 9. The molecule has 128 valence electrons. The molecule has 0 aromatic heterocycles. The minimum Gasteiger partial charge on any atom is -0.390 e. The summed E-state index contributed by atoms with van der Waals surface area (Å²) >= 11 is 0. The van der Waals surface area contributed by atoms with Crippen LogP contribution in [-0.4, -0.2) is 31.6 Å². The predicted octanol–water partition coefficient (Wildman–Crippen LogP) is 2.01. The molecule has 0 aliphatic carbocycles. The number of carbonyl (C=O) groups is 2. The first-order chi connectivity index (χ1) is 11.6. The largest absolute Gasteiger partial charge is 0.390 e. The zero-order chi connectivity index (χ0) is 17.8. The van der Waals surface area contributed by atoms with Crippen molar-refractivity contribution in [3.05, 3.63) is 36.0 Å². The van der Waals surface area contributed by atoms with Gasteiger partial charge in [0.2, 0.25) is 5.91 Å². The second kappa shape index (κ2) is 10.8. The molecule has 7 nitrogen and oxygen atoms in total. The number of nitrogens with one attached hydrogen (secondary N) is 3. The van der Waals surface area contributed by atoms with Gasteiger partial charge in [0.25, 0.3) is 5.91 Å². The normalized spacial score (nSPS) is 10.6. The van der Waals surface area contributed by atoms with Crippen molar-refractivity contribution in [3.8, 4) is 6.07 Å². The highest BCUT2D eigenvalue weighted by Crippen LogP contribution is 2.14. The molecule has 0 saturated carbocycles. The van der Waals surface area contributed by atoms with Gasteiger partial charge in [-0.2, -0.15) is 5.26 Å². The van der Waals surface area contributed by atoms with Crippen LogP contribution < -0.4 is 16.0 Å². The summed E-state index contributed by atoms with van der Waals surface area (Å²) in [6.07, 6.45) is 2.18. The number of hydrogen-bond donors (Lipinski definition) is 3. The van der Waals surface area contributed by atoms with Gasteiger partial charge >= 0.3 is 0 Å². The van der Waals surface area contributed by atoms with Crippen molar-refractivity contribution in [2.24, 2.45) is 0 Å². The minimum atomic E-state index is -0.498. The fourth-order valence-corrected chi connectivity index (χ4v) is 1.78. The molecule has 0 bridgehead atoms. The third kappa shape index (κ3) is 7.42. The van der Waals surface area contributed by atoms with E-state index in [0.717, 1.165) is 6.42 Å². The van der Waals surface area contributed by atoms with Crippen LogP contribution in [0.1, 0.15) is 20.3 Å². The molecule has 1 rings (SSSR count). The summed E-state index contributed by atoms with van der Waals surface area (Å²) in [5.74, 6) is -0.668. The topological polar surface area (TPSA) is 103 Å². The summed E-state index contributed by atoms with van der Waals surface area (Å²) in [5, 5.41) is 17.2. The lowest BCUT2D eigenvalue weighted by molar-refractivity contribution is -0.114. The van der Waals surface area contributed by atoms with Gasteiger partial charge in [0.05, 0.1) is 0 Å². The Balaban J connectivity index is 2.51. The Morgan fingerprint density at radius 1 is 1.21 bits per heavy atom. The standard InChI is InChI=1S/C17H22N4O3/c1-3-24-10-4-9-19-12-14(11-18)17(23)21-16-7-5-15(6-8-16)20-13(2)22/h5-8,12,19H,3-4,9-10H2,1-2H3,(H,20,22)(H,21,23)/b14-12-. The smallest absolute Gasteiger partial charge is 0.267 e. The number of amides is 2. The van der Waals surface area contributed by atoms with Gasteiger partial charge in [-0.3, -0.25) is 9.59 Å². The number of nitriles is 1. The lowest BCUT2D eigenvalue weighted by atomic mass is 10.2. The van der Waals surface area contributed by atoms with E-state index in [0.29, 0.717) is 31.1 Å². The molecule has 0 saturated heterocycles. The summed E-state index contributed by atoms with van der Waals surface area (Å²) < 4.78 is 5.20. The van der Waals surface area contributed by atoms with Crippen molar-refractivity contribution in [2.45, 2.75) is 20.3 Å². The number of nitrogens with zero attached hydrogens (tertiary/aromatic N) is 1. The second-order valence-electron chi connectivity index (χ2n) is 4.89. The third-order valence-corrected chi connectivity index (χ3v) is 2.89. The first kappa shape index (κ1) is 19.2. The summed E-state index contributed by atoms with van der Waals surface area (Å²) in [6.45, 7) is 5.26. The number of carbonyl (C=O) groups excluding carboxylic acids is 2. The van der Waals surface area contributed by atoms with Crippen LogP contribution in [0.15, 0.2) is 36.0 Å². The molecule has 1 aromatic carbocycles. The Labute approximate surface area is 141 Å². The maximum Gasteiger partial charge on any atom is 0.267 e. The van der Waals surface area contributed by atoms with Crippen molar-refractivity contribution in [1.29, 1.82) is 5.26 Å². The fraction of sp³-hybridized carbons (Fsp3) is 0.353. The maximum atomic E-state index is 12.0. The van der Waals surface area contributed by atoms with E-state index in [1.54, 1.807) is 24.3 Å². The van der Waals surface area contributed by atoms with Crippen LogP contribution in [0.4, 0.5) is 11.4 Å². The number of hydrogen-bond acceptors (Lipinski definition) is 5. The lowest BCUT2D eigenvalue weighted by Crippen LogP contribution is -2.17. The molecule has 0 aliphatic rings. The Bertz CT molecular complexity index is 618. The van der Waals surface area contributed by atoms with Gasteiger partial charge in [0.1, 0.15) is 11.6 Å². The van der Waals surface area contributed by atoms with E-state index >= 15 is 0 Å². The minimum absolute atomic E-state index is 0.0163. The lowest BCUT2D eigenvalue weighted by Gasteiger charge is -2.07.